The van der Waals surface area contributed by atoms with E-state index in [0.29, 0.717) is 6.54 Å². The van der Waals surface area contributed by atoms with E-state index in [1.165, 1.54) is 0 Å². The van der Waals surface area contributed by atoms with Crippen LogP contribution in [-0.4, -0.2) is 48.2 Å². The summed E-state index contributed by atoms with van der Waals surface area (Å²) in [6.45, 7) is 8.59. The number of amides is 1. The Morgan fingerprint density at radius 1 is 1.44 bits per heavy atom. The fraction of sp³-hybridized carbons (Fsp3) is 0.929. The van der Waals surface area contributed by atoms with Gasteiger partial charge >= 0.3 is 0 Å². The van der Waals surface area contributed by atoms with Gasteiger partial charge in [0.05, 0.1) is 12.6 Å². The molecule has 2 N–H and O–H groups in total. The Kier molecular flexibility index (Phi) is 6.09. The standard InChI is InChI=1S/C14H28N2O2/c1-4-5-9-16(10-11-17)13(18)12-14(2,3)7-6-8-15-12/h12,15,17H,4-11H2,1-3H3. The average Bonchev–Trinajstić information content (AvgIpc) is 2.33. The molecule has 0 spiro atoms. The van der Waals surface area contributed by atoms with Gasteiger partial charge in [-0.05, 0) is 31.2 Å². The van der Waals surface area contributed by atoms with Crippen LogP contribution in [0.25, 0.3) is 0 Å². The maximum atomic E-state index is 12.6. The van der Waals surface area contributed by atoms with E-state index in [4.69, 9.17) is 5.11 Å². The number of aliphatic hydroxyl groups excluding tert-OH is 1. The second-order valence-corrected chi connectivity index (χ2v) is 5.88. The van der Waals surface area contributed by atoms with Gasteiger partial charge in [0.2, 0.25) is 5.91 Å². The molecular formula is C14H28N2O2. The van der Waals surface area contributed by atoms with Gasteiger partial charge in [0, 0.05) is 13.1 Å². The molecule has 1 saturated heterocycles. The van der Waals surface area contributed by atoms with E-state index < -0.39 is 0 Å². The third kappa shape index (κ3) is 3.95. The molecule has 0 aromatic carbocycles. The Labute approximate surface area is 111 Å². The Morgan fingerprint density at radius 3 is 2.72 bits per heavy atom. The zero-order valence-electron chi connectivity index (χ0n) is 12.0. The van der Waals surface area contributed by atoms with Crippen LogP contribution in [0.2, 0.25) is 0 Å². The molecule has 1 rings (SSSR count). The van der Waals surface area contributed by atoms with Crippen LogP contribution in [0.3, 0.4) is 0 Å². The summed E-state index contributed by atoms with van der Waals surface area (Å²) in [6, 6.07) is -0.102. The van der Waals surface area contributed by atoms with Crippen molar-refractivity contribution in [3.05, 3.63) is 0 Å². The lowest BCUT2D eigenvalue weighted by molar-refractivity contribution is -0.138. The van der Waals surface area contributed by atoms with Gasteiger partial charge in [-0.3, -0.25) is 4.79 Å². The van der Waals surface area contributed by atoms with Crippen LogP contribution < -0.4 is 5.32 Å². The van der Waals surface area contributed by atoms with Crippen LogP contribution in [0.4, 0.5) is 0 Å². The number of carbonyl (C=O) groups excluding carboxylic acids is 1. The van der Waals surface area contributed by atoms with Crippen LogP contribution >= 0.6 is 0 Å². The number of hydrogen-bond donors (Lipinski definition) is 2. The quantitative estimate of drug-likeness (QED) is 0.755. The first-order valence-corrected chi connectivity index (χ1v) is 7.16. The molecule has 0 aromatic heterocycles. The third-order valence-electron chi connectivity index (χ3n) is 3.84. The van der Waals surface area contributed by atoms with Crippen LogP contribution in [-0.2, 0) is 4.79 Å². The third-order valence-corrected chi connectivity index (χ3v) is 3.84. The lowest BCUT2D eigenvalue weighted by Gasteiger charge is -2.40. The zero-order chi connectivity index (χ0) is 13.6. The number of piperidine rings is 1. The molecule has 0 bridgehead atoms. The minimum absolute atomic E-state index is 0.00918. The van der Waals surface area contributed by atoms with Gasteiger partial charge in [-0.1, -0.05) is 27.2 Å². The topological polar surface area (TPSA) is 52.6 Å². The number of rotatable bonds is 6. The van der Waals surface area contributed by atoms with E-state index in [1.54, 1.807) is 0 Å². The summed E-state index contributed by atoms with van der Waals surface area (Å²) in [4.78, 5) is 14.4. The van der Waals surface area contributed by atoms with E-state index in [-0.39, 0.29) is 24.0 Å². The minimum Gasteiger partial charge on any atom is -0.395 e. The minimum atomic E-state index is -0.102. The summed E-state index contributed by atoms with van der Waals surface area (Å²) < 4.78 is 0. The van der Waals surface area contributed by atoms with E-state index in [0.717, 1.165) is 38.8 Å². The normalized spacial score (nSPS) is 22.8. The first-order valence-electron chi connectivity index (χ1n) is 7.16. The molecule has 1 aliphatic rings. The number of nitrogens with zero attached hydrogens (tertiary/aromatic N) is 1. The van der Waals surface area contributed by atoms with Crippen LogP contribution in [0, 0.1) is 5.41 Å². The molecule has 18 heavy (non-hydrogen) atoms. The number of hydrogen-bond acceptors (Lipinski definition) is 3. The first-order chi connectivity index (χ1) is 8.53. The first kappa shape index (κ1) is 15.4. The lowest BCUT2D eigenvalue weighted by atomic mass is 9.77. The molecule has 0 saturated carbocycles. The van der Waals surface area contributed by atoms with Gasteiger partial charge < -0.3 is 15.3 Å². The highest BCUT2D eigenvalue weighted by atomic mass is 16.3. The van der Waals surface area contributed by atoms with Crippen molar-refractivity contribution in [2.45, 2.75) is 52.5 Å². The summed E-state index contributed by atoms with van der Waals surface area (Å²) in [5, 5.41) is 12.5. The summed E-state index contributed by atoms with van der Waals surface area (Å²) in [5.74, 6) is 0.155. The summed E-state index contributed by atoms with van der Waals surface area (Å²) >= 11 is 0. The van der Waals surface area contributed by atoms with Crippen molar-refractivity contribution >= 4 is 5.91 Å². The summed E-state index contributed by atoms with van der Waals surface area (Å²) in [7, 11) is 0. The molecule has 1 amide bonds. The molecule has 4 heteroatoms. The van der Waals surface area contributed by atoms with Crippen molar-refractivity contribution in [1.82, 2.24) is 10.2 Å². The number of carbonyl (C=O) groups is 1. The highest BCUT2D eigenvalue weighted by Crippen LogP contribution is 2.31. The monoisotopic (exact) mass is 256 g/mol. The van der Waals surface area contributed by atoms with Crippen molar-refractivity contribution in [3.63, 3.8) is 0 Å². The second-order valence-electron chi connectivity index (χ2n) is 5.88. The molecule has 106 valence electrons. The van der Waals surface area contributed by atoms with E-state index in [2.05, 4.69) is 26.1 Å². The second kappa shape index (κ2) is 7.10. The number of unbranched alkanes of at least 4 members (excludes halogenated alkanes) is 1. The zero-order valence-corrected chi connectivity index (χ0v) is 12.0. The fourth-order valence-electron chi connectivity index (χ4n) is 2.62. The Balaban J connectivity index is 2.67. The van der Waals surface area contributed by atoms with Gasteiger partial charge in [0.25, 0.3) is 0 Å². The Bertz CT molecular complexity index is 267. The fourth-order valence-corrected chi connectivity index (χ4v) is 2.62. The predicted octanol–water partition coefficient (Wildman–Crippen LogP) is 1.39. The lowest BCUT2D eigenvalue weighted by Crippen LogP contribution is -2.57. The largest absolute Gasteiger partial charge is 0.395 e. The Morgan fingerprint density at radius 2 is 2.17 bits per heavy atom. The number of nitrogens with one attached hydrogen (secondary N) is 1. The van der Waals surface area contributed by atoms with Gasteiger partial charge in [-0.15, -0.1) is 0 Å². The predicted molar refractivity (Wildman–Crippen MR) is 73.4 cm³/mol. The molecule has 1 atom stereocenters. The molecule has 0 aliphatic carbocycles. The molecule has 1 heterocycles. The van der Waals surface area contributed by atoms with Crippen molar-refractivity contribution in [3.8, 4) is 0 Å². The highest BCUT2D eigenvalue weighted by Gasteiger charge is 2.38. The SMILES string of the molecule is CCCCN(CCO)C(=O)C1NCCCC1(C)C. The van der Waals surface area contributed by atoms with Crippen molar-refractivity contribution in [2.24, 2.45) is 5.41 Å². The molecule has 1 fully saturated rings. The molecule has 4 nitrogen and oxygen atoms in total. The van der Waals surface area contributed by atoms with Crippen LogP contribution in [0.15, 0.2) is 0 Å². The number of aliphatic hydroxyl groups is 1. The molecule has 1 aliphatic heterocycles. The smallest absolute Gasteiger partial charge is 0.240 e. The molecular weight excluding hydrogens is 228 g/mol. The Hall–Kier alpha value is -0.610. The van der Waals surface area contributed by atoms with E-state index in [9.17, 15) is 4.79 Å². The van der Waals surface area contributed by atoms with Gasteiger partial charge in [0.1, 0.15) is 0 Å². The summed E-state index contributed by atoms with van der Waals surface area (Å²) in [6.07, 6.45) is 4.28. The maximum Gasteiger partial charge on any atom is 0.240 e. The highest BCUT2D eigenvalue weighted by molar-refractivity contribution is 5.83. The maximum absolute atomic E-state index is 12.6. The van der Waals surface area contributed by atoms with Crippen LogP contribution in [0.1, 0.15) is 46.5 Å². The van der Waals surface area contributed by atoms with Crippen LogP contribution in [0.5, 0.6) is 0 Å². The van der Waals surface area contributed by atoms with Crippen molar-refractivity contribution < 1.29 is 9.90 Å². The molecule has 0 aromatic rings. The van der Waals surface area contributed by atoms with E-state index in [1.807, 2.05) is 4.90 Å². The van der Waals surface area contributed by atoms with Crippen molar-refractivity contribution in [1.29, 1.82) is 0 Å². The molecule has 1 unspecified atom stereocenters. The van der Waals surface area contributed by atoms with Gasteiger partial charge in [0.15, 0.2) is 0 Å². The van der Waals surface area contributed by atoms with Gasteiger partial charge in [-0.2, -0.15) is 0 Å². The van der Waals surface area contributed by atoms with Crippen molar-refractivity contribution in [2.75, 3.05) is 26.2 Å². The van der Waals surface area contributed by atoms with Gasteiger partial charge in [-0.25, -0.2) is 0 Å². The molecule has 0 radical (unpaired) electrons. The van der Waals surface area contributed by atoms with E-state index >= 15 is 0 Å². The average molecular weight is 256 g/mol. The summed E-state index contributed by atoms with van der Waals surface area (Å²) in [5.41, 5.74) is 0.00918.